The summed E-state index contributed by atoms with van der Waals surface area (Å²) in [7, 11) is 0. The van der Waals surface area contributed by atoms with Crippen LogP contribution in [0, 0.1) is 0 Å². The molecule has 0 aliphatic heterocycles. The Morgan fingerprint density at radius 1 is 1.12 bits per heavy atom. The summed E-state index contributed by atoms with van der Waals surface area (Å²) in [6, 6.07) is 6.96. The van der Waals surface area contributed by atoms with Gasteiger partial charge in [0.1, 0.15) is 16.9 Å². The highest BCUT2D eigenvalue weighted by atomic mass is 16.3. The first-order valence-corrected chi connectivity index (χ1v) is 5.03. The molecule has 1 aliphatic rings. The van der Waals surface area contributed by atoms with E-state index in [2.05, 4.69) is 0 Å². The number of benzene rings is 1. The van der Waals surface area contributed by atoms with Crippen molar-refractivity contribution in [1.82, 2.24) is 0 Å². The van der Waals surface area contributed by atoms with Crippen LogP contribution in [0.1, 0.15) is 22.5 Å². The zero-order chi connectivity index (χ0) is 11.1. The molecule has 1 heterocycles. The van der Waals surface area contributed by atoms with Gasteiger partial charge in [0, 0.05) is 6.42 Å². The number of carbonyl (C=O) groups is 1. The minimum absolute atomic E-state index is 0.169. The molecule has 1 aromatic carbocycles. The number of hydrogen-bond acceptors (Lipinski definition) is 3. The summed E-state index contributed by atoms with van der Waals surface area (Å²) in [4.78, 5) is 23.7. The Kier molecular flexibility index (Phi) is 1.80. The number of rotatable bonds is 0. The van der Waals surface area contributed by atoms with Crippen LogP contribution in [0.15, 0.2) is 39.6 Å². The number of fused-ring (bicyclic) bond motifs is 2. The summed E-state index contributed by atoms with van der Waals surface area (Å²) in [5.74, 6) is 0.206. The Morgan fingerprint density at radius 2 is 1.94 bits per heavy atom. The fourth-order valence-electron chi connectivity index (χ4n) is 1.92. The van der Waals surface area contributed by atoms with E-state index in [1.165, 1.54) is 0 Å². The van der Waals surface area contributed by atoms with Crippen molar-refractivity contribution in [3.8, 4) is 0 Å². The van der Waals surface area contributed by atoms with Crippen LogP contribution in [0.3, 0.4) is 0 Å². The second-order valence-electron chi connectivity index (χ2n) is 3.70. The summed E-state index contributed by atoms with van der Waals surface area (Å²) in [5.41, 5.74) is 0.470. The summed E-state index contributed by atoms with van der Waals surface area (Å²) >= 11 is 0. The van der Waals surface area contributed by atoms with Gasteiger partial charge in [0.05, 0.1) is 5.39 Å². The zero-order valence-corrected chi connectivity index (χ0v) is 8.40. The fraction of sp³-hybridized carbons (Fsp3) is 0.0769. The molecule has 3 nitrogen and oxygen atoms in total. The molecule has 0 unspecified atom stereocenters. The van der Waals surface area contributed by atoms with E-state index in [0.29, 0.717) is 16.7 Å². The first-order valence-electron chi connectivity index (χ1n) is 5.03. The SMILES string of the molecule is O=C1CC=Cc2oc3ccccc3c(=O)c21. The van der Waals surface area contributed by atoms with E-state index < -0.39 is 0 Å². The third-order valence-electron chi connectivity index (χ3n) is 2.68. The highest BCUT2D eigenvalue weighted by Crippen LogP contribution is 2.21. The lowest BCUT2D eigenvalue weighted by atomic mass is 10.00. The van der Waals surface area contributed by atoms with Crippen molar-refractivity contribution < 1.29 is 9.21 Å². The molecule has 0 spiro atoms. The van der Waals surface area contributed by atoms with E-state index in [9.17, 15) is 9.59 Å². The van der Waals surface area contributed by atoms with Crippen LogP contribution in [-0.2, 0) is 0 Å². The molecule has 1 aromatic heterocycles. The van der Waals surface area contributed by atoms with Crippen LogP contribution in [0.5, 0.6) is 0 Å². The van der Waals surface area contributed by atoms with Gasteiger partial charge in [0.15, 0.2) is 5.78 Å². The molecular weight excluding hydrogens is 204 g/mol. The monoisotopic (exact) mass is 212 g/mol. The topological polar surface area (TPSA) is 47.3 Å². The lowest BCUT2D eigenvalue weighted by Crippen LogP contribution is -2.18. The van der Waals surface area contributed by atoms with Gasteiger partial charge < -0.3 is 4.42 Å². The number of Topliss-reactive ketones (excluding diaryl/α,β-unsaturated/α-hetero) is 1. The largest absolute Gasteiger partial charge is 0.456 e. The molecule has 0 atom stereocenters. The Morgan fingerprint density at radius 3 is 2.81 bits per heavy atom. The predicted molar refractivity (Wildman–Crippen MR) is 60.5 cm³/mol. The first kappa shape index (κ1) is 9.09. The Bertz CT molecular complexity index is 677. The van der Waals surface area contributed by atoms with E-state index >= 15 is 0 Å². The van der Waals surface area contributed by atoms with Gasteiger partial charge >= 0.3 is 0 Å². The molecule has 78 valence electrons. The molecule has 2 aromatic rings. The van der Waals surface area contributed by atoms with Gasteiger partial charge in [-0.2, -0.15) is 0 Å². The van der Waals surface area contributed by atoms with Gasteiger partial charge in [0.25, 0.3) is 0 Å². The Labute approximate surface area is 91.0 Å². The number of allylic oxidation sites excluding steroid dienone is 1. The summed E-state index contributed by atoms with van der Waals surface area (Å²) < 4.78 is 5.53. The van der Waals surface area contributed by atoms with Crippen molar-refractivity contribution in [2.24, 2.45) is 0 Å². The molecule has 0 radical (unpaired) electrons. The Balaban J connectivity index is 2.52. The second-order valence-corrected chi connectivity index (χ2v) is 3.70. The highest BCUT2D eigenvalue weighted by Gasteiger charge is 2.20. The molecule has 3 heteroatoms. The van der Waals surface area contributed by atoms with Crippen molar-refractivity contribution in [1.29, 1.82) is 0 Å². The van der Waals surface area contributed by atoms with Gasteiger partial charge in [-0.15, -0.1) is 0 Å². The molecule has 0 saturated carbocycles. The maximum absolute atomic E-state index is 12.1. The first-order chi connectivity index (χ1) is 7.77. The second kappa shape index (κ2) is 3.17. The molecule has 0 saturated heterocycles. The summed E-state index contributed by atoms with van der Waals surface area (Å²) in [5, 5.41) is 0.463. The van der Waals surface area contributed by atoms with Crippen LogP contribution >= 0.6 is 0 Å². The highest BCUT2D eigenvalue weighted by molar-refractivity contribution is 6.03. The maximum atomic E-state index is 12.1. The lowest BCUT2D eigenvalue weighted by Gasteiger charge is -2.08. The fourth-order valence-corrected chi connectivity index (χ4v) is 1.92. The van der Waals surface area contributed by atoms with Crippen molar-refractivity contribution in [2.45, 2.75) is 6.42 Å². The third-order valence-corrected chi connectivity index (χ3v) is 2.68. The molecule has 1 aliphatic carbocycles. The lowest BCUT2D eigenvalue weighted by molar-refractivity contribution is 0.0991. The Hall–Kier alpha value is -2.16. The molecule has 0 bridgehead atoms. The quantitative estimate of drug-likeness (QED) is 0.673. The van der Waals surface area contributed by atoms with Gasteiger partial charge in [0.2, 0.25) is 5.43 Å². The van der Waals surface area contributed by atoms with E-state index in [-0.39, 0.29) is 23.2 Å². The number of ketones is 1. The molecule has 16 heavy (non-hydrogen) atoms. The average molecular weight is 212 g/mol. The van der Waals surface area contributed by atoms with Crippen LogP contribution in [0.2, 0.25) is 0 Å². The normalized spacial score (nSPS) is 14.1. The average Bonchev–Trinajstić information content (AvgIpc) is 2.29. The van der Waals surface area contributed by atoms with Crippen molar-refractivity contribution in [3.63, 3.8) is 0 Å². The van der Waals surface area contributed by atoms with Crippen molar-refractivity contribution in [3.05, 3.63) is 51.9 Å². The summed E-state index contributed by atoms with van der Waals surface area (Å²) in [6.07, 6.45) is 3.67. The van der Waals surface area contributed by atoms with Gasteiger partial charge in [-0.25, -0.2) is 0 Å². The van der Waals surface area contributed by atoms with E-state index in [1.54, 1.807) is 36.4 Å². The van der Waals surface area contributed by atoms with Crippen LogP contribution < -0.4 is 5.43 Å². The van der Waals surface area contributed by atoms with Crippen LogP contribution in [0.4, 0.5) is 0 Å². The van der Waals surface area contributed by atoms with Crippen molar-refractivity contribution >= 4 is 22.8 Å². The third kappa shape index (κ3) is 1.15. The van der Waals surface area contributed by atoms with Gasteiger partial charge in [-0.1, -0.05) is 18.2 Å². The molecule has 0 N–H and O–H groups in total. The minimum atomic E-state index is -0.230. The summed E-state index contributed by atoms with van der Waals surface area (Å²) in [6.45, 7) is 0. The number of carbonyl (C=O) groups excluding carboxylic acids is 1. The maximum Gasteiger partial charge on any atom is 0.204 e. The number of para-hydroxylation sites is 1. The van der Waals surface area contributed by atoms with Crippen molar-refractivity contribution in [2.75, 3.05) is 0 Å². The van der Waals surface area contributed by atoms with Gasteiger partial charge in [-0.05, 0) is 18.2 Å². The van der Waals surface area contributed by atoms with E-state index in [4.69, 9.17) is 4.42 Å². The molecule has 0 amide bonds. The van der Waals surface area contributed by atoms with Gasteiger partial charge in [-0.3, -0.25) is 9.59 Å². The van der Waals surface area contributed by atoms with E-state index in [0.717, 1.165) is 0 Å². The molecule has 3 rings (SSSR count). The molecule has 0 fully saturated rings. The predicted octanol–water partition coefficient (Wildman–Crippen LogP) is 2.39. The van der Waals surface area contributed by atoms with E-state index in [1.807, 2.05) is 0 Å². The molecular formula is C13H8O3. The smallest absolute Gasteiger partial charge is 0.204 e. The minimum Gasteiger partial charge on any atom is -0.456 e. The zero-order valence-electron chi connectivity index (χ0n) is 8.40. The van der Waals surface area contributed by atoms with Crippen LogP contribution in [0.25, 0.3) is 17.0 Å². The van der Waals surface area contributed by atoms with Crippen LogP contribution in [-0.4, -0.2) is 5.78 Å². The standard InChI is InChI=1S/C13H8O3/c14-9-5-3-7-11-12(9)13(15)8-4-1-2-6-10(8)16-11/h1-4,6-7H,5H2. The number of hydrogen-bond donors (Lipinski definition) is 0.